The number of ether oxygens (including phenoxy) is 1. The zero-order valence-electron chi connectivity index (χ0n) is 18.6. The summed E-state index contributed by atoms with van der Waals surface area (Å²) in [6.45, 7) is 0. The number of fused-ring (bicyclic) bond motifs is 4. The van der Waals surface area contributed by atoms with Gasteiger partial charge in [0.05, 0.1) is 27.9 Å². The molecule has 2 aliphatic heterocycles. The van der Waals surface area contributed by atoms with Crippen molar-refractivity contribution < 1.29 is 23.9 Å². The van der Waals surface area contributed by atoms with Gasteiger partial charge in [0, 0.05) is 0 Å². The van der Waals surface area contributed by atoms with Crippen LogP contribution < -0.4 is 4.90 Å². The maximum absolute atomic E-state index is 13.4. The van der Waals surface area contributed by atoms with Crippen LogP contribution in [0.5, 0.6) is 0 Å². The van der Waals surface area contributed by atoms with Gasteiger partial charge < -0.3 is 4.74 Å². The number of hydrogen-bond acceptors (Lipinski definition) is 5. The molecule has 2 aliphatic rings. The molecule has 0 spiro atoms. The van der Waals surface area contributed by atoms with E-state index in [1.54, 1.807) is 36.4 Å². The van der Waals surface area contributed by atoms with Crippen LogP contribution in [-0.4, -0.2) is 23.8 Å². The molecule has 7 rings (SSSR count). The van der Waals surface area contributed by atoms with Crippen LogP contribution in [0.1, 0.15) is 41.4 Å². The molecule has 0 saturated heterocycles. The van der Waals surface area contributed by atoms with Gasteiger partial charge in [-0.05, 0) is 81.2 Å². The Morgan fingerprint density at radius 3 is 1.81 bits per heavy atom. The second-order valence-corrected chi connectivity index (χ2v) is 8.87. The molecule has 0 radical (unpaired) electrons. The third-order valence-corrected chi connectivity index (χ3v) is 6.81. The Morgan fingerprint density at radius 2 is 1.06 bits per heavy atom. The standard InChI is InChI=1S/C30H15NO5/c32-27-23-9-6-19(20-7-10-24-26(15-20)30(35)36-29(24)34)14-25(23)28(33)31(27)22-8-5-18-11-16-3-1-2-4-17(16)12-21(18)13-22/h1-15H. The van der Waals surface area contributed by atoms with E-state index in [0.717, 1.165) is 21.5 Å². The molecule has 0 fully saturated rings. The summed E-state index contributed by atoms with van der Waals surface area (Å²) in [5.74, 6) is -2.16. The summed E-state index contributed by atoms with van der Waals surface area (Å²) in [5.41, 5.74) is 2.80. The lowest BCUT2D eigenvalue weighted by molar-refractivity contribution is 0.0443. The Balaban J connectivity index is 1.28. The van der Waals surface area contributed by atoms with E-state index in [1.165, 1.54) is 11.0 Å². The number of amides is 2. The van der Waals surface area contributed by atoms with Crippen molar-refractivity contribution in [1.29, 1.82) is 0 Å². The Labute approximate surface area is 204 Å². The maximum atomic E-state index is 13.4. The predicted octanol–water partition coefficient (Wildman–Crippen LogP) is 5.77. The van der Waals surface area contributed by atoms with Gasteiger partial charge in [-0.3, -0.25) is 9.59 Å². The average Bonchev–Trinajstić information content (AvgIpc) is 3.33. The lowest BCUT2D eigenvalue weighted by Gasteiger charge is -2.15. The molecule has 0 atom stereocenters. The van der Waals surface area contributed by atoms with Gasteiger partial charge in [-0.1, -0.05) is 42.5 Å². The third-order valence-electron chi connectivity index (χ3n) is 6.81. The van der Waals surface area contributed by atoms with Crippen LogP contribution in [0.15, 0.2) is 91.0 Å². The second-order valence-electron chi connectivity index (χ2n) is 8.87. The molecule has 0 saturated carbocycles. The van der Waals surface area contributed by atoms with Gasteiger partial charge in [0.15, 0.2) is 0 Å². The smallest absolute Gasteiger partial charge is 0.346 e. The van der Waals surface area contributed by atoms with Gasteiger partial charge in [-0.15, -0.1) is 0 Å². The van der Waals surface area contributed by atoms with Gasteiger partial charge in [0.25, 0.3) is 11.8 Å². The normalized spacial score (nSPS) is 14.5. The van der Waals surface area contributed by atoms with Gasteiger partial charge in [0.2, 0.25) is 0 Å². The van der Waals surface area contributed by atoms with E-state index in [-0.39, 0.29) is 22.6 Å². The molecule has 6 heteroatoms. The fourth-order valence-corrected chi connectivity index (χ4v) is 4.99. The SMILES string of the molecule is O=C1OC(=O)c2cc(-c3ccc4c(c3)C(=O)N(c3ccc5cc6ccccc6cc5c3)C4=O)ccc21. The van der Waals surface area contributed by atoms with Crippen LogP contribution in [-0.2, 0) is 4.74 Å². The molecule has 0 unspecified atom stereocenters. The fraction of sp³-hybridized carbons (Fsp3) is 0. The summed E-state index contributed by atoms with van der Waals surface area (Å²) in [6.07, 6.45) is 0. The summed E-state index contributed by atoms with van der Waals surface area (Å²) in [5, 5.41) is 4.15. The molecular weight excluding hydrogens is 454 g/mol. The highest BCUT2D eigenvalue weighted by Crippen LogP contribution is 2.35. The lowest BCUT2D eigenvalue weighted by atomic mass is 9.97. The highest BCUT2D eigenvalue weighted by molar-refractivity contribution is 6.35. The molecule has 6 nitrogen and oxygen atoms in total. The number of carbonyl (C=O) groups is 4. The molecule has 2 amide bonds. The van der Waals surface area contributed by atoms with Crippen LogP contribution in [0, 0.1) is 0 Å². The summed E-state index contributed by atoms with van der Waals surface area (Å²) in [4.78, 5) is 51.5. The zero-order chi connectivity index (χ0) is 24.6. The van der Waals surface area contributed by atoms with Gasteiger partial charge in [-0.25, -0.2) is 14.5 Å². The maximum Gasteiger partial charge on any atom is 0.346 e. The first-order chi connectivity index (χ1) is 17.5. The van der Waals surface area contributed by atoms with Gasteiger partial charge >= 0.3 is 11.9 Å². The Hall–Kier alpha value is -5.10. The monoisotopic (exact) mass is 469 g/mol. The number of cyclic esters (lactones) is 2. The van der Waals surface area contributed by atoms with Crippen molar-refractivity contribution in [3.63, 3.8) is 0 Å². The molecule has 36 heavy (non-hydrogen) atoms. The largest absolute Gasteiger partial charge is 0.386 e. The van der Waals surface area contributed by atoms with E-state index < -0.39 is 17.8 Å². The number of esters is 2. The molecule has 5 aromatic carbocycles. The molecule has 0 N–H and O–H groups in total. The Kier molecular flexibility index (Phi) is 4.06. The first-order valence-corrected chi connectivity index (χ1v) is 11.3. The lowest BCUT2D eigenvalue weighted by Crippen LogP contribution is -2.29. The molecule has 0 aromatic heterocycles. The molecule has 2 heterocycles. The van der Waals surface area contributed by atoms with Crippen molar-refractivity contribution in [2.75, 3.05) is 4.90 Å². The minimum atomic E-state index is -0.695. The highest BCUT2D eigenvalue weighted by Gasteiger charge is 2.37. The summed E-state index contributed by atoms with van der Waals surface area (Å²) in [6, 6.07) is 27.5. The molecule has 0 bridgehead atoms. The van der Waals surface area contributed by atoms with E-state index in [2.05, 4.69) is 10.8 Å². The van der Waals surface area contributed by atoms with Crippen LogP contribution in [0.25, 0.3) is 32.7 Å². The second kappa shape index (κ2) is 7.20. The number of carbonyl (C=O) groups excluding carboxylic acids is 4. The number of hydrogen-bond donors (Lipinski definition) is 0. The van der Waals surface area contributed by atoms with Crippen molar-refractivity contribution in [3.8, 4) is 11.1 Å². The molecular formula is C30H15NO5. The topological polar surface area (TPSA) is 80.8 Å². The Morgan fingerprint density at radius 1 is 0.472 bits per heavy atom. The van der Waals surface area contributed by atoms with Crippen LogP contribution in [0.3, 0.4) is 0 Å². The molecule has 0 aliphatic carbocycles. The number of benzene rings is 5. The fourth-order valence-electron chi connectivity index (χ4n) is 4.99. The van der Waals surface area contributed by atoms with Crippen molar-refractivity contribution in [2.24, 2.45) is 0 Å². The third kappa shape index (κ3) is 2.85. The first-order valence-electron chi connectivity index (χ1n) is 11.3. The number of rotatable bonds is 2. The van der Waals surface area contributed by atoms with E-state index in [9.17, 15) is 19.2 Å². The van der Waals surface area contributed by atoms with Crippen molar-refractivity contribution in [1.82, 2.24) is 0 Å². The van der Waals surface area contributed by atoms with Gasteiger partial charge in [0.1, 0.15) is 0 Å². The minimum absolute atomic E-state index is 0.186. The summed E-state index contributed by atoms with van der Waals surface area (Å²) >= 11 is 0. The van der Waals surface area contributed by atoms with Crippen LogP contribution >= 0.6 is 0 Å². The summed E-state index contributed by atoms with van der Waals surface area (Å²) < 4.78 is 4.66. The molecule has 5 aromatic rings. The molecule has 170 valence electrons. The van der Waals surface area contributed by atoms with E-state index >= 15 is 0 Å². The summed E-state index contributed by atoms with van der Waals surface area (Å²) in [7, 11) is 0. The van der Waals surface area contributed by atoms with Gasteiger partial charge in [-0.2, -0.15) is 0 Å². The number of anilines is 1. The van der Waals surface area contributed by atoms with E-state index in [4.69, 9.17) is 0 Å². The predicted molar refractivity (Wildman–Crippen MR) is 134 cm³/mol. The van der Waals surface area contributed by atoms with Crippen LogP contribution in [0.2, 0.25) is 0 Å². The van der Waals surface area contributed by atoms with Crippen LogP contribution in [0.4, 0.5) is 5.69 Å². The average molecular weight is 469 g/mol. The highest BCUT2D eigenvalue weighted by atomic mass is 16.6. The Bertz CT molecular complexity index is 1850. The van der Waals surface area contributed by atoms with Crippen molar-refractivity contribution in [2.45, 2.75) is 0 Å². The minimum Gasteiger partial charge on any atom is -0.386 e. The van der Waals surface area contributed by atoms with E-state index in [0.29, 0.717) is 22.4 Å². The first kappa shape index (κ1) is 20.3. The number of nitrogens with zero attached hydrogens (tertiary/aromatic N) is 1. The number of imide groups is 1. The van der Waals surface area contributed by atoms with Crippen molar-refractivity contribution >= 4 is 51.0 Å². The van der Waals surface area contributed by atoms with Crippen molar-refractivity contribution in [3.05, 3.63) is 113 Å². The van der Waals surface area contributed by atoms with E-state index in [1.807, 2.05) is 42.5 Å². The zero-order valence-corrected chi connectivity index (χ0v) is 18.6. The quantitative estimate of drug-likeness (QED) is 0.142.